The van der Waals surface area contributed by atoms with Crippen LogP contribution in [0.1, 0.15) is 23.7 Å². The normalized spacial score (nSPS) is 10.4. The molecule has 3 nitrogen and oxygen atoms in total. The number of aromatic hydroxyl groups is 2. The molecule has 0 bridgehead atoms. The van der Waals surface area contributed by atoms with Gasteiger partial charge in [-0.1, -0.05) is 6.92 Å². The van der Waals surface area contributed by atoms with Crippen LogP contribution in [-0.4, -0.2) is 16.0 Å². The van der Waals surface area contributed by atoms with Crippen molar-refractivity contribution in [3.8, 4) is 11.5 Å². The quantitative estimate of drug-likeness (QED) is 0.592. The highest BCUT2D eigenvalue weighted by atomic mass is 19.2. The largest absolute Gasteiger partial charge is 0.504 e. The second-order valence-electron chi connectivity index (χ2n) is 2.79. The van der Waals surface area contributed by atoms with Gasteiger partial charge in [0, 0.05) is 6.42 Å². The molecule has 0 saturated carbocycles. The van der Waals surface area contributed by atoms with E-state index in [0.29, 0.717) is 0 Å². The highest BCUT2D eigenvalue weighted by Crippen LogP contribution is 2.34. The highest BCUT2D eigenvalue weighted by Gasteiger charge is 2.27. The summed E-state index contributed by atoms with van der Waals surface area (Å²) >= 11 is 0. The molecule has 0 radical (unpaired) electrons. The average molecular weight is 220 g/mol. The first-order chi connectivity index (χ1) is 6.91. The van der Waals surface area contributed by atoms with Gasteiger partial charge in [-0.15, -0.1) is 0 Å². The summed E-state index contributed by atoms with van der Waals surface area (Å²) < 4.78 is 38.7. The molecule has 0 aliphatic heterocycles. The van der Waals surface area contributed by atoms with Crippen LogP contribution in [0, 0.1) is 17.5 Å². The van der Waals surface area contributed by atoms with Crippen LogP contribution in [0.15, 0.2) is 0 Å². The monoisotopic (exact) mass is 220 g/mol. The number of carbonyl (C=O) groups is 1. The van der Waals surface area contributed by atoms with E-state index in [2.05, 4.69) is 0 Å². The third-order valence-corrected chi connectivity index (χ3v) is 1.87. The van der Waals surface area contributed by atoms with Gasteiger partial charge in [0.1, 0.15) is 5.56 Å². The number of ketones is 1. The first-order valence-electron chi connectivity index (χ1n) is 4.03. The maximum atomic E-state index is 13.1. The van der Waals surface area contributed by atoms with Gasteiger partial charge in [-0.25, -0.2) is 4.39 Å². The first-order valence-corrected chi connectivity index (χ1v) is 4.03. The van der Waals surface area contributed by atoms with Crippen LogP contribution in [0.3, 0.4) is 0 Å². The molecule has 0 atom stereocenters. The van der Waals surface area contributed by atoms with E-state index in [0.717, 1.165) is 0 Å². The Bertz CT molecular complexity index is 400. The lowest BCUT2D eigenvalue weighted by Crippen LogP contribution is -2.05. The van der Waals surface area contributed by atoms with Crippen molar-refractivity contribution >= 4 is 5.78 Å². The number of carbonyl (C=O) groups excluding carboxylic acids is 1. The molecule has 0 aliphatic carbocycles. The van der Waals surface area contributed by atoms with E-state index in [-0.39, 0.29) is 6.42 Å². The summed E-state index contributed by atoms with van der Waals surface area (Å²) in [5.41, 5.74) is -1.08. The van der Waals surface area contributed by atoms with Crippen LogP contribution >= 0.6 is 0 Å². The standard InChI is InChI=1S/C9H7F3O3/c1-2-3(13)4-5(10)6(11)9(15)7(12)8(4)14/h14-15H,2H2,1H3. The molecule has 82 valence electrons. The molecule has 0 unspecified atom stereocenters. The smallest absolute Gasteiger partial charge is 0.210 e. The van der Waals surface area contributed by atoms with Gasteiger partial charge >= 0.3 is 0 Å². The third kappa shape index (κ3) is 1.62. The zero-order valence-electron chi connectivity index (χ0n) is 7.64. The molecule has 0 amide bonds. The van der Waals surface area contributed by atoms with E-state index in [1.165, 1.54) is 6.92 Å². The number of benzene rings is 1. The van der Waals surface area contributed by atoms with Crippen LogP contribution < -0.4 is 0 Å². The highest BCUT2D eigenvalue weighted by molar-refractivity contribution is 5.99. The Morgan fingerprint density at radius 3 is 2.07 bits per heavy atom. The Balaban J connectivity index is 3.60. The summed E-state index contributed by atoms with van der Waals surface area (Å²) in [6.45, 7) is 1.34. The van der Waals surface area contributed by atoms with Crippen molar-refractivity contribution in [2.24, 2.45) is 0 Å². The van der Waals surface area contributed by atoms with Crippen molar-refractivity contribution < 1.29 is 28.2 Å². The Morgan fingerprint density at radius 2 is 1.60 bits per heavy atom. The van der Waals surface area contributed by atoms with Gasteiger partial charge in [-0.05, 0) is 0 Å². The predicted octanol–water partition coefficient (Wildman–Crippen LogP) is 2.11. The Morgan fingerprint density at radius 1 is 1.07 bits per heavy atom. The van der Waals surface area contributed by atoms with E-state index in [1.54, 1.807) is 0 Å². The topological polar surface area (TPSA) is 57.5 Å². The lowest BCUT2D eigenvalue weighted by molar-refractivity contribution is 0.0979. The van der Waals surface area contributed by atoms with Crippen LogP contribution in [0.2, 0.25) is 0 Å². The maximum Gasteiger partial charge on any atom is 0.210 e. The minimum absolute atomic E-state index is 0.228. The molecule has 0 aliphatic rings. The lowest BCUT2D eigenvalue weighted by atomic mass is 10.1. The molecule has 0 saturated heterocycles. The zero-order valence-corrected chi connectivity index (χ0v) is 7.64. The van der Waals surface area contributed by atoms with Gasteiger partial charge in [0.2, 0.25) is 11.6 Å². The fourth-order valence-corrected chi connectivity index (χ4v) is 1.07. The third-order valence-electron chi connectivity index (χ3n) is 1.87. The van der Waals surface area contributed by atoms with Crippen molar-refractivity contribution in [2.45, 2.75) is 13.3 Å². The Kier molecular flexibility index (Phi) is 2.88. The summed E-state index contributed by atoms with van der Waals surface area (Å²) in [6, 6.07) is 0. The molecule has 6 heteroatoms. The SMILES string of the molecule is CCC(=O)c1c(O)c(F)c(O)c(F)c1F. The minimum Gasteiger partial charge on any atom is -0.504 e. The van der Waals surface area contributed by atoms with Gasteiger partial charge in [0.05, 0.1) is 0 Å². The molecule has 0 spiro atoms. The molecular formula is C9H7F3O3. The fourth-order valence-electron chi connectivity index (χ4n) is 1.07. The molecular weight excluding hydrogens is 213 g/mol. The van der Waals surface area contributed by atoms with Crippen LogP contribution in [0.4, 0.5) is 13.2 Å². The summed E-state index contributed by atoms with van der Waals surface area (Å²) in [4.78, 5) is 11.1. The number of hydrogen-bond donors (Lipinski definition) is 2. The van der Waals surface area contributed by atoms with E-state index < -0.39 is 40.3 Å². The summed E-state index contributed by atoms with van der Waals surface area (Å²) in [5.74, 6) is -9.36. The number of phenolic OH excluding ortho intramolecular Hbond substituents is 2. The second kappa shape index (κ2) is 3.80. The number of hydrogen-bond acceptors (Lipinski definition) is 3. The fraction of sp³-hybridized carbons (Fsp3) is 0.222. The van der Waals surface area contributed by atoms with Crippen molar-refractivity contribution in [1.82, 2.24) is 0 Å². The molecule has 1 aromatic rings. The molecule has 2 N–H and O–H groups in total. The maximum absolute atomic E-state index is 13.1. The van der Waals surface area contributed by atoms with Gasteiger partial charge in [0.25, 0.3) is 0 Å². The molecule has 0 aromatic heterocycles. The summed E-state index contributed by atoms with van der Waals surface area (Å²) in [6.07, 6.45) is -0.228. The van der Waals surface area contributed by atoms with Crippen LogP contribution in [0.5, 0.6) is 11.5 Å². The van der Waals surface area contributed by atoms with E-state index >= 15 is 0 Å². The molecule has 0 fully saturated rings. The van der Waals surface area contributed by atoms with Gasteiger partial charge in [-0.2, -0.15) is 8.78 Å². The van der Waals surface area contributed by atoms with E-state index in [1.807, 2.05) is 0 Å². The first kappa shape index (κ1) is 11.4. The van der Waals surface area contributed by atoms with Crippen LogP contribution in [-0.2, 0) is 0 Å². The van der Waals surface area contributed by atoms with Crippen molar-refractivity contribution in [3.63, 3.8) is 0 Å². The molecule has 1 rings (SSSR count). The molecule has 15 heavy (non-hydrogen) atoms. The zero-order chi connectivity index (χ0) is 11.7. The van der Waals surface area contributed by atoms with Gasteiger partial charge < -0.3 is 10.2 Å². The van der Waals surface area contributed by atoms with Gasteiger partial charge in [0.15, 0.2) is 23.1 Å². The van der Waals surface area contributed by atoms with E-state index in [4.69, 9.17) is 10.2 Å². The van der Waals surface area contributed by atoms with Crippen molar-refractivity contribution in [1.29, 1.82) is 0 Å². The van der Waals surface area contributed by atoms with Gasteiger partial charge in [-0.3, -0.25) is 4.79 Å². The number of phenols is 2. The molecule has 1 aromatic carbocycles. The van der Waals surface area contributed by atoms with Crippen LogP contribution in [0.25, 0.3) is 0 Å². The number of rotatable bonds is 2. The average Bonchev–Trinajstić information content (AvgIpc) is 2.23. The number of halogens is 3. The lowest BCUT2D eigenvalue weighted by Gasteiger charge is -2.07. The predicted molar refractivity (Wildman–Crippen MR) is 44.3 cm³/mol. The Labute approximate surface area is 82.8 Å². The van der Waals surface area contributed by atoms with Crippen molar-refractivity contribution in [2.75, 3.05) is 0 Å². The molecule has 0 heterocycles. The minimum atomic E-state index is -1.89. The Hall–Kier alpha value is -1.72. The summed E-state index contributed by atoms with van der Waals surface area (Å²) in [7, 11) is 0. The van der Waals surface area contributed by atoms with Crippen molar-refractivity contribution in [3.05, 3.63) is 23.0 Å². The van der Waals surface area contributed by atoms with E-state index in [9.17, 15) is 18.0 Å². The summed E-state index contributed by atoms with van der Waals surface area (Å²) in [5, 5.41) is 17.7. The second-order valence-corrected chi connectivity index (χ2v) is 2.79. The number of Topliss-reactive ketones (excluding diaryl/α,β-unsaturated/α-hetero) is 1.